The molecule has 76 valence electrons. The third-order valence-electron chi connectivity index (χ3n) is 2.32. The Hall–Kier alpha value is -0.930. The van der Waals surface area contributed by atoms with Crippen molar-refractivity contribution in [1.82, 2.24) is 10.3 Å². The van der Waals surface area contributed by atoms with Crippen LogP contribution in [0, 0.1) is 5.92 Å². The number of nitrogens with zero attached hydrogens (tertiary/aromatic N) is 1. The van der Waals surface area contributed by atoms with E-state index >= 15 is 0 Å². The quantitative estimate of drug-likeness (QED) is 0.807. The molecule has 0 saturated carbocycles. The topological polar surface area (TPSA) is 42.0 Å². The molecule has 0 aromatic carbocycles. The molecule has 1 N–H and O–H groups in total. The van der Waals surface area contributed by atoms with Crippen LogP contribution in [0.15, 0.2) is 24.4 Å². The van der Waals surface area contributed by atoms with Gasteiger partial charge in [0.1, 0.15) is 5.78 Å². The van der Waals surface area contributed by atoms with Crippen LogP contribution in [0.2, 0.25) is 0 Å². The summed E-state index contributed by atoms with van der Waals surface area (Å²) in [4.78, 5) is 15.6. The van der Waals surface area contributed by atoms with Gasteiger partial charge in [0.05, 0.1) is 0 Å². The maximum atomic E-state index is 11.5. The van der Waals surface area contributed by atoms with Crippen LogP contribution in [-0.2, 0) is 11.2 Å². The third kappa shape index (κ3) is 2.53. The van der Waals surface area contributed by atoms with Crippen LogP contribution in [-0.4, -0.2) is 23.9 Å². The normalized spacial score (nSPS) is 15.4. The maximum absolute atomic E-state index is 11.5. The largest absolute Gasteiger partial charge is 0.315 e. The lowest BCUT2D eigenvalue weighted by molar-refractivity contribution is -0.123. The summed E-state index contributed by atoms with van der Waals surface area (Å²) >= 11 is 0. The van der Waals surface area contributed by atoms with Gasteiger partial charge in [-0.2, -0.15) is 0 Å². The van der Waals surface area contributed by atoms with Crippen molar-refractivity contribution in [3.8, 4) is 0 Å². The summed E-state index contributed by atoms with van der Waals surface area (Å²) in [6.45, 7) is 1.68. The Labute approximate surface area is 89.3 Å². The SMILES string of the molecule is Cl.O=C(Cc1ccccn1)C1CNC1. The number of Topliss-reactive ketones (excluding diaryl/α,β-unsaturated/α-hetero) is 1. The van der Waals surface area contributed by atoms with E-state index in [2.05, 4.69) is 10.3 Å². The smallest absolute Gasteiger partial charge is 0.144 e. The molecule has 0 atom stereocenters. The van der Waals surface area contributed by atoms with Crippen LogP contribution < -0.4 is 5.32 Å². The van der Waals surface area contributed by atoms with Gasteiger partial charge in [-0.05, 0) is 12.1 Å². The Kier molecular flexibility index (Phi) is 4.04. The van der Waals surface area contributed by atoms with Crippen molar-refractivity contribution in [2.45, 2.75) is 6.42 Å². The highest BCUT2D eigenvalue weighted by atomic mass is 35.5. The van der Waals surface area contributed by atoms with Crippen molar-refractivity contribution >= 4 is 18.2 Å². The van der Waals surface area contributed by atoms with Crippen LogP contribution in [0.3, 0.4) is 0 Å². The molecular formula is C10H13ClN2O. The Morgan fingerprint density at radius 2 is 2.29 bits per heavy atom. The molecule has 1 aliphatic rings. The third-order valence-corrected chi connectivity index (χ3v) is 2.32. The van der Waals surface area contributed by atoms with Gasteiger partial charge in [-0.1, -0.05) is 6.07 Å². The van der Waals surface area contributed by atoms with Crippen LogP contribution in [0.5, 0.6) is 0 Å². The molecule has 0 bridgehead atoms. The van der Waals surface area contributed by atoms with E-state index in [0.29, 0.717) is 12.2 Å². The molecule has 4 heteroatoms. The predicted molar refractivity (Wildman–Crippen MR) is 56.6 cm³/mol. The number of halogens is 1. The molecule has 1 aromatic rings. The van der Waals surface area contributed by atoms with E-state index in [9.17, 15) is 4.79 Å². The first-order chi connectivity index (χ1) is 6.36. The first-order valence-electron chi connectivity index (χ1n) is 4.49. The Morgan fingerprint density at radius 1 is 1.50 bits per heavy atom. The minimum atomic E-state index is 0. The molecule has 2 heterocycles. The fraction of sp³-hybridized carbons (Fsp3) is 0.400. The van der Waals surface area contributed by atoms with Crippen molar-refractivity contribution < 1.29 is 4.79 Å². The Bertz CT molecular complexity index is 298. The maximum Gasteiger partial charge on any atom is 0.144 e. The number of nitrogens with one attached hydrogen (secondary N) is 1. The summed E-state index contributed by atoms with van der Waals surface area (Å²) in [5.41, 5.74) is 0.874. The van der Waals surface area contributed by atoms with Gasteiger partial charge in [0, 0.05) is 37.3 Å². The standard InChI is InChI=1S/C10H12N2O.ClH/c13-10(8-6-11-7-8)5-9-3-1-2-4-12-9;/h1-4,8,11H,5-7H2;1H. The molecule has 2 rings (SSSR count). The second-order valence-corrected chi connectivity index (χ2v) is 3.32. The van der Waals surface area contributed by atoms with E-state index in [-0.39, 0.29) is 18.3 Å². The number of aromatic nitrogens is 1. The van der Waals surface area contributed by atoms with Gasteiger partial charge < -0.3 is 5.32 Å². The minimum Gasteiger partial charge on any atom is -0.315 e. The van der Waals surface area contributed by atoms with Gasteiger partial charge in [-0.3, -0.25) is 9.78 Å². The first-order valence-corrected chi connectivity index (χ1v) is 4.49. The molecule has 1 saturated heterocycles. The fourth-order valence-corrected chi connectivity index (χ4v) is 1.34. The van der Waals surface area contributed by atoms with Gasteiger partial charge in [-0.15, -0.1) is 12.4 Å². The molecular weight excluding hydrogens is 200 g/mol. The summed E-state index contributed by atoms with van der Waals surface area (Å²) in [6.07, 6.45) is 2.20. The molecule has 14 heavy (non-hydrogen) atoms. The van der Waals surface area contributed by atoms with Crippen molar-refractivity contribution in [2.24, 2.45) is 5.92 Å². The highest BCUT2D eigenvalue weighted by Gasteiger charge is 2.24. The number of carbonyl (C=O) groups excluding carboxylic acids is 1. The zero-order valence-corrected chi connectivity index (χ0v) is 8.59. The number of pyridine rings is 1. The van der Waals surface area contributed by atoms with Crippen LogP contribution >= 0.6 is 12.4 Å². The molecule has 1 aliphatic heterocycles. The van der Waals surface area contributed by atoms with Gasteiger partial charge in [0.2, 0.25) is 0 Å². The van der Waals surface area contributed by atoms with E-state index < -0.39 is 0 Å². The van der Waals surface area contributed by atoms with Gasteiger partial charge >= 0.3 is 0 Å². The fourth-order valence-electron chi connectivity index (χ4n) is 1.34. The summed E-state index contributed by atoms with van der Waals surface area (Å²) in [7, 11) is 0. The zero-order valence-electron chi connectivity index (χ0n) is 7.77. The number of rotatable bonds is 3. The summed E-state index contributed by atoms with van der Waals surface area (Å²) in [5.74, 6) is 0.527. The number of carbonyl (C=O) groups is 1. The first kappa shape index (κ1) is 11.1. The average molecular weight is 213 g/mol. The lowest BCUT2D eigenvalue weighted by atomic mass is 9.95. The Morgan fingerprint density at radius 3 is 2.79 bits per heavy atom. The number of hydrogen-bond donors (Lipinski definition) is 1. The highest BCUT2D eigenvalue weighted by Crippen LogP contribution is 2.07. The van der Waals surface area contributed by atoms with Gasteiger partial charge in [-0.25, -0.2) is 0 Å². The van der Waals surface area contributed by atoms with Gasteiger partial charge in [0.15, 0.2) is 0 Å². The average Bonchev–Trinajstić information content (AvgIpc) is 2.02. The summed E-state index contributed by atoms with van der Waals surface area (Å²) < 4.78 is 0. The Balaban J connectivity index is 0.000000980. The van der Waals surface area contributed by atoms with E-state index in [1.54, 1.807) is 6.20 Å². The molecule has 1 fully saturated rings. The molecule has 0 unspecified atom stereocenters. The van der Waals surface area contributed by atoms with Crippen molar-refractivity contribution in [3.63, 3.8) is 0 Å². The second kappa shape index (κ2) is 5.08. The lowest BCUT2D eigenvalue weighted by Crippen LogP contribution is -2.47. The van der Waals surface area contributed by atoms with E-state index in [4.69, 9.17) is 0 Å². The lowest BCUT2D eigenvalue weighted by Gasteiger charge is -2.25. The molecule has 3 nitrogen and oxygen atoms in total. The summed E-state index contributed by atoms with van der Waals surface area (Å²) in [6, 6.07) is 5.66. The summed E-state index contributed by atoms with van der Waals surface area (Å²) in [5, 5.41) is 3.09. The van der Waals surface area contributed by atoms with Crippen LogP contribution in [0.1, 0.15) is 5.69 Å². The zero-order chi connectivity index (χ0) is 9.10. The van der Waals surface area contributed by atoms with Crippen LogP contribution in [0.25, 0.3) is 0 Å². The van der Waals surface area contributed by atoms with Crippen LogP contribution in [0.4, 0.5) is 0 Å². The minimum absolute atomic E-state index is 0. The van der Waals surface area contributed by atoms with Crippen molar-refractivity contribution in [2.75, 3.05) is 13.1 Å². The molecule has 1 aromatic heterocycles. The van der Waals surface area contributed by atoms with Crippen molar-refractivity contribution in [3.05, 3.63) is 30.1 Å². The molecule has 0 spiro atoms. The van der Waals surface area contributed by atoms with E-state index in [0.717, 1.165) is 18.8 Å². The van der Waals surface area contributed by atoms with Gasteiger partial charge in [0.25, 0.3) is 0 Å². The molecule has 0 amide bonds. The molecule has 0 aliphatic carbocycles. The highest BCUT2D eigenvalue weighted by molar-refractivity contribution is 5.85. The predicted octanol–water partition coefficient (Wildman–Crippen LogP) is 0.834. The van der Waals surface area contributed by atoms with Crippen molar-refractivity contribution in [1.29, 1.82) is 0 Å². The number of hydrogen-bond acceptors (Lipinski definition) is 3. The second-order valence-electron chi connectivity index (χ2n) is 3.32. The monoisotopic (exact) mass is 212 g/mol. The van der Waals surface area contributed by atoms with E-state index in [1.165, 1.54) is 0 Å². The van der Waals surface area contributed by atoms with E-state index in [1.807, 2.05) is 18.2 Å². The number of ketones is 1. The molecule has 0 radical (unpaired) electrons.